The number of carbonyl (C=O) groups excluding carboxylic acids is 1. The van der Waals surface area contributed by atoms with Gasteiger partial charge in [0.05, 0.1) is 5.41 Å². The van der Waals surface area contributed by atoms with Crippen molar-refractivity contribution in [1.29, 1.82) is 0 Å². The second-order valence-corrected chi connectivity index (χ2v) is 6.01. The lowest BCUT2D eigenvalue weighted by molar-refractivity contribution is -0.164. The van der Waals surface area contributed by atoms with E-state index in [-0.39, 0.29) is 24.8 Å². The Balaban J connectivity index is 2.58. The van der Waals surface area contributed by atoms with Gasteiger partial charge in [-0.1, -0.05) is 12.2 Å². The fraction of sp³-hybridized carbons (Fsp3) is 0.786. The molecule has 4 heteroatoms. The summed E-state index contributed by atoms with van der Waals surface area (Å²) in [5, 5.41) is 0. The summed E-state index contributed by atoms with van der Waals surface area (Å²) in [5.74, 6) is -0.863. The lowest BCUT2D eigenvalue weighted by Gasteiger charge is -2.20. The van der Waals surface area contributed by atoms with Crippen LogP contribution in [-0.2, 0) is 19.0 Å². The van der Waals surface area contributed by atoms with Crippen molar-refractivity contribution >= 4 is 5.97 Å². The Morgan fingerprint density at radius 2 is 1.94 bits per heavy atom. The van der Waals surface area contributed by atoms with Crippen molar-refractivity contribution in [3.05, 3.63) is 12.2 Å². The molecule has 0 aliphatic carbocycles. The van der Waals surface area contributed by atoms with Crippen LogP contribution < -0.4 is 0 Å². The monoisotopic (exact) mass is 256 g/mol. The molecule has 1 fully saturated rings. The van der Waals surface area contributed by atoms with Gasteiger partial charge in [-0.05, 0) is 41.5 Å². The summed E-state index contributed by atoms with van der Waals surface area (Å²) in [5.41, 5.74) is -0.495. The van der Waals surface area contributed by atoms with Gasteiger partial charge in [0.2, 0.25) is 0 Å². The quantitative estimate of drug-likeness (QED) is 0.575. The molecule has 1 aliphatic heterocycles. The lowest BCUT2D eigenvalue weighted by Crippen LogP contribution is -2.31. The molecular formula is C14H24O4. The molecule has 0 N–H and O–H groups in total. The average molecular weight is 256 g/mol. The number of rotatable bonds is 3. The Morgan fingerprint density at radius 3 is 2.44 bits per heavy atom. The minimum atomic E-state index is -0.636. The molecule has 1 rings (SSSR count). The molecule has 0 radical (unpaired) electrons. The van der Waals surface area contributed by atoms with E-state index in [1.54, 1.807) is 0 Å². The van der Waals surface area contributed by atoms with Crippen molar-refractivity contribution in [3.8, 4) is 0 Å². The summed E-state index contributed by atoms with van der Waals surface area (Å²) in [4.78, 5) is 11.7. The van der Waals surface area contributed by atoms with Crippen molar-refractivity contribution in [2.45, 2.75) is 59.5 Å². The SMILES string of the molecule is C/C=C\[C@@H]1OC(C)(C)O[C@H]1COC(=O)C(C)(C)C. The summed E-state index contributed by atoms with van der Waals surface area (Å²) in [6.45, 7) is 11.3. The molecule has 0 aromatic rings. The van der Waals surface area contributed by atoms with E-state index in [1.807, 2.05) is 53.7 Å². The number of ether oxygens (including phenoxy) is 3. The van der Waals surface area contributed by atoms with Crippen molar-refractivity contribution < 1.29 is 19.0 Å². The van der Waals surface area contributed by atoms with Gasteiger partial charge in [-0.3, -0.25) is 4.79 Å². The van der Waals surface area contributed by atoms with E-state index >= 15 is 0 Å². The lowest BCUT2D eigenvalue weighted by atomic mass is 9.97. The molecule has 0 unspecified atom stereocenters. The van der Waals surface area contributed by atoms with Crippen LogP contribution in [0.4, 0.5) is 0 Å². The average Bonchev–Trinajstić information content (AvgIpc) is 2.49. The maximum atomic E-state index is 11.7. The molecule has 104 valence electrons. The first-order valence-corrected chi connectivity index (χ1v) is 6.31. The number of hydrogen-bond acceptors (Lipinski definition) is 4. The van der Waals surface area contributed by atoms with Gasteiger partial charge < -0.3 is 14.2 Å². The third-order valence-electron chi connectivity index (χ3n) is 2.59. The molecule has 0 aromatic heterocycles. The first-order valence-electron chi connectivity index (χ1n) is 6.31. The smallest absolute Gasteiger partial charge is 0.311 e. The molecule has 0 bridgehead atoms. The molecule has 1 heterocycles. The van der Waals surface area contributed by atoms with E-state index in [4.69, 9.17) is 14.2 Å². The van der Waals surface area contributed by atoms with E-state index in [0.717, 1.165) is 0 Å². The first kappa shape index (κ1) is 15.2. The maximum Gasteiger partial charge on any atom is 0.311 e. The van der Waals surface area contributed by atoms with Gasteiger partial charge in [0.1, 0.15) is 18.8 Å². The van der Waals surface area contributed by atoms with Crippen LogP contribution in [0.5, 0.6) is 0 Å². The Kier molecular flexibility index (Phi) is 4.56. The van der Waals surface area contributed by atoms with E-state index in [0.29, 0.717) is 0 Å². The highest BCUT2D eigenvalue weighted by Gasteiger charge is 2.40. The second kappa shape index (κ2) is 5.41. The summed E-state index contributed by atoms with van der Waals surface area (Å²) in [6.07, 6.45) is 3.42. The van der Waals surface area contributed by atoms with Gasteiger partial charge in [-0.25, -0.2) is 0 Å². The van der Waals surface area contributed by atoms with Crippen LogP contribution in [0.2, 0.25) is 0 Å². The van der Waals surface area contributed by atoms with Gasteiger partial charge in [0, 0.05) is 0 Å². The van der Waals surface area contributed by atoms with Crippen molar-refractivity contribution in [3.63, 3.8) is 0 Å². The zero-order valence-corrected chi connectivity index (χ0v) is 12.1. The highest BCUT2D eigenvalue weighted by atomic mass is 16.8. The summed E-state index contributed by atoms with van der Waals surface area (Å²) in [6, 6.07) is 0. The Morgan fingerprint density at radius 1 is 1.33 bits per heavy atom. The highest BCUT2D eigenvalue weighted by molar-refractivity contribution is 5.75. The number of hydrogen-bond donors (Lipinski definition) is 0. The van der Waals surface area contributed by atoms with Crippen LogP contribution in [0.25, 0.3) is 0 Å². The molecule has 4 nitrogen and oxygen atoms in total. The van der Waals surface area contributed by atoms with Crippen LogP contribution in [0.15, 0.2) is 12.2 Å². The summed E-state index contributed by atoms with van der Waals surface area (Å²) in [7, 11) is 0. The van der Waals surface area contributed by atoms with Crippen LogP contribution >= 0.6 is 0 Å². The number of esters is 1. The van der Waals surface area contributed by atoms with E-state index < -0.39 is 11.2 Å². The highest BCUT2D eigenvalue weighted by Crippen LogP contribution is 2.29. The molecule has 0 aromatic carbocycles. The normalized spacial score (nSPS) is 27.7. The third-order valence-corrected chi connectivity index (χ3v) is 2.59. The van der Waals surface area contributed by atoms with Crippen molar-refractivity contribution in [1.82, 2.24) is 0 Å². The van der Waals surface area contributed by atoms with Gasteiger partial charge in [0.25, 0.3) is 0 Å². The van der Waals surface area contributed by atoms with Crippen LogP contribution in [0.3, 0.4) is 0 Å². The Labute approximate surface area is 109 Å². The molecule has 2 atom stereocenters. The zero-order chi connectivity index (χ0) is 14.0. The standard InChI is InChI=1S/C14H24O4/c1-7-8-10-11(18-14(5,6)17-10)9-16-12(15)13(2,3)4/h7-8,10-11H,9H2,1-6H3/b8-7-/t10-,11-/m0/s1. The Hall–Kier alpha value is -0.870. The second-order valence-electron chi connectivity index (χ2n) is 6.01. The predicted octanol–water partition coefficient (Wildman–Crippen LogP) is 2.67. The summed E-state index contributed by atoms with van der Waals surface area (Å²) >= 11 is 0. The van der Waals surface area contributed by atoms with E-state index in [1.165, 1.54) is 0 Å². The van der Waals surface area contributed by atoms with Gasteiger partial charge in [0.15, 0.2) is 5.79 Å². The zero-order valence-electron chi connectivity index (χ0n) is 12.1. The van der Waals surface area contributed by atoms with Gasteiger partial charge in [-0.2, -0.15) is 0 Å². The molecule has 1 aliphatic rings. The molecular weight excluding hydrogens is 232 g/mol. The first-order chi connectivity index (χ1) is 8.15. The number of carbonyl (C=O) groups is 1. The van der Waals surface area contributed by atoms with Crippen molar-refractivity contribution in [2.75, 3.05) is 6.61 Å². The molecule has 0 amide bonds. The third kappa shape index (κ3) is 4.10. The van der Waals surface area contributed by atoms with Crippen LogP contribution in [0, 0.1) is 5.41 Å². The molecule has 1 saturated heterocycles. The Bertz CT molecular complexity index is 325. The summed E-state index contributed by atoms with van der Waals surface area (Å²) < 4.78 is 16.7. The van der Waals surface area contributed by atoms with Crippen molar-refractivity contribution in [2.24, 2.45) is 5.41 Å². The fourth-order valence-corrected chi connectivity index (χ4v) is 1.72. The van der Waals surface area contributed by atoms with Gasteiger partial charge >= 0.3 is 5.97 Å². The topological polar surface area (TPSA) is 44.8 Å². The van der Waals surface area contributed by atoms with Crippen LogP contribution in [0.1, 0.15) is 41.5 Å². The largest absolute Gasteiger partial charge is 0.462 e. The minimum absolute atomic E-state index is 0.169. The number of allylic oxidation sites excluding steroid dienone is 1. The molecule has 18 heavy (non-hydrogen) atoms. The van der Waals surface area contributed by atoms with Crippen LogP contribution in [-0.4, -0.2) is 30.6 Å². The molecule has 0 spiro atoms. The molecule has 0 saturated carbocycles. The predicted molar refractivity (Wildman–Crippen MR) is 69.1 cm³/mol. The fourth-order valence-electron chi connectivity index (χ4n) is 1.72. The minimum Gasteiger partial charge on any atom is -0.462 e. The van der Waals surface area contributed by atoms with E-state index in [2.05, 4.69) is 0 Å². The maximum absolute atomic E-state index is 11.7. The van der Waals surface area contributed by atoms with Gasteiger partial charge in [-0.15, -0.1) is 0 Å². The van der Waals surface area contributed by atoms with E-state index in [9.17, 15) is 4.79 Å².